The molecule has 39 heavy (non-hydrogen) atoms. The van der Waals surface area contributed by atoms with Crippen LogP contribution in [0.25, 0.3) is 0 Å². The van der Waals surface area contributed by atoms with Crippen molar-refractivity contribution in [3.05, 3.63) is 35.9 Å². The van der Waals surface area contributed by atoms with Crippen LogP contribution < -0.4 is 0 Å². The fourth-order valence-electron chi connectivity index (χ4n) is 4.59. The topological polar surface area (TPSA) is 127 Å². The molecule has 0 radical (unpaired) electrons. The molecule has 8 nitrogen and oxygen atoms in total. The number of aliphatic hydroxyl groups excluding tert-OH is 2. The lowest BCUT2D eigenvalue weighted by molar-refractivity contribution is -0.219. The van der Waals surface area contributed by atoms with E-state index < -0.39 is 0 Å². The van der Waals surface area contributed by atoms with Crippen LogP contribution in [-0.4, -0.2) is 47.9 Å². The summed E-state index contributed by atoms with van der Waals surface area (Å²) in [5.41, 5.74) is 1.90. The van der Waals surface area contributed by atoms with Crippen molar-refractivity contribution < 1.29 is 38.9 Å². The summed E-state index contributed by atoms with van der Waals surface area (Å²) in [5.74, 6) is 0. The Morgan fingerprint density at radius 1 is 0.872 bits per heavy atom. The van der Waals surface area contributed by atoms with Gasteiger partial charge in [-0.15, -0.1) is 0 Å². The SMILES string of the molecule is CCCC(C)(C)CC[C@H](O)CCO.CCCC(C)(C)CC[C@H]1CCOC(c2ccccc2)O1.O=C=O.O=C=O. The van der Waals surface area contributed by atoms with E-state index in [0.717, 1.165) is 37.9 Å². The molecule has 1 aromatic rings. The second kappa shape index (κ2) is 23.7. The summed E-state index contributed by atoms with van der Waals surface area (Å²) in [7, 11) is 0. The molecule has 0 saturated carbocycles. The fourth-order valence-corrected chi connectivity index (χ4v) is 4.59. The highest BCUT2D eigenvalue weighted by Gasteiger charge is 2.26. The van der Waals surface area contributed by atoms with Gasteiger partial charge in [0.05, 0.1) is 18.8 Å². The zero-order chi connectivity index (χ0) is 30.2. The van der Waals surface area contributed by atoms with Gasteiger partial charge in [0.25, 0.3) is 0 Å². The minimum absolute atomic E-state index is 0.0926. The Hall–Kier alpha value is -2.18. The summed E-state index contributed by atoms with van der Waals surface area (Å²) in [5, 5.41) is 18.0. The van der Waals surface area contributed by atoms with Gasteiger partial charge in [0, 0.05) is 12.2 Å². The van der Waals surface area contributed by atoms with Crippen molar-refractivity contribution in [2.24, 2.45) is 10.8 Å². The van der Waals surface area contributed by atoms with E-state index in [4.69, 9.17) is 33.8 Å². The molecule has 224 valence electrons. The molecule has 1 aliphatic heterocycles. The molecule has 0 aromatic heterocycles. The molecule has 1 fully saturated rings. The van der Waals surface area contributed by atoms with Crippen LogP contribution in [0, 0.1) is 10.8 Å². The van der Waals surface area contributed by atoms with Crippen molar-refractivity contribution in [3.63, 3.8) is 0 Å². The molecule has 1 aliphatic rings. The zero-order valence-corrected chi connectivity index (χ0v) is 24.9. The van der Waals surface area contributed by atoms with Crippen molar-refractivity contribution in [3.8, 4) is 0 Å². The van der Waals surface area contributed by atoms with E-state index in [1.807, 2.05) is 18.2 Å². The summed E-state index contributed by atoms with van der Waals surface area (Å²) >= 11 is 0. The summed E-state index contributed by atoms with van der Waals surface area (Å²) < 4.78 is 11.9. The highest BCUT2D eigenvalue weighted by molar-refractivity contribution is 5.20. The van der Waals surface area contributed by atoms with Gasteiger partial charge in [-0.25, -0.2) is 0 Å². The number of ether oxygens (including phenoxy) is 2. The van der Waals surface area contributed by atoms with E-state index in [2.05, 4.69) is 53.7 Å². The first-order chi connectivity index (χ1) is 18.4. The molecule has 1 saturated heterocycles. The lowest BCUT2D eigenvalue weighted by Crippen LogP contribution is -2.28. The molecule has 0 amide bonds. The van der Waals surface area contributed by atoms with Gasteiger partial charge in [0.15, 0.2) is 6.29 Å². The Labute approximate surface area is 235 Å². The quantitative estimate of drug-likeness (QED) is 0.293. The summed E-state index contributed by atoms with van der Waals surface area (Å²) in [6, 6.07) is 10.3. The average Bonchev–Trinajstić information content (AvgIpc) is 2.89. The molecule has 3 atom stereocenters. The first kappa shape index (κ1) is 39.0. The minimum Gasteiger partial charge on any atom is -0.396 e. The van der Waals surface area contributed by atoms with Gasteiger partial charge in [0.2, 0.25) is 0 Å². The van der Waals surface area contributed by atoms with Crippen molar-refractivity contribution in [2.75, 3.05) is 13.2 Å². The van der Waals surface area contributed by atoms with Crippen LogP contribution in [0.1, 0.15) is 118 Å². The smallest absolute Gasteiger partial charge is 0.373 e. The molecule has 2 rings (SSSR count). The molecule has 8 heteroatoms. The van der Waals surface area contributed by atoms with Crippen molar-refractivity contribution in [1.82, 2.24) is 0 Å². The number of hydrogen-bond donors (Lipinski definition) is 2. The third-order valence-electron chi connectivity index (χ3n) is 6.71. The van der Waals surface area contributed by atoms with Crippen LogP contribution in [0.15, 0.2) is 30.3 Å². The second-order valence-corrected chi connectivity index (χ2v) is 11.4. The maximum atomic E-state index is 9.42. The van der Waals surface area contributed by atoms with Gasteiger partial charge in [-0.05, 0) is 62.2 Å². The molecule has 1 heterocycles. The summed E-state index contributed by atoms with van der Waals surface area (Å²) in [6.45, 7) is 14.6. The second-order valence-electron chi connectivity index (χ2n) is 11.4. The Morgan fingerprint density at radius 2 is 1.38 bits per heavy atom. The minimum atomic E-state index is -0.318. The predicted octanol–water partition coefficient (Wildman–Crippen LogP) is 6.27. The molecule has 0 spiro atoms. The number of benzene rings is 1. The lowest BCUT2D eigenvalue weighted by atomic mass is 9.82. The van der Waals surface area contributed by atoms with E-state index in [9.17, 15) is 5.11 Å². The van der Waals surface area contributed by atoms with Crippen LogP contribution in [0.3, 0.4) is 0 Å². The third kappa shape index (κ3) is 22.3. The normalized spacial score (nSPS) is 17.4. The highest BCUT2D eigenvalue weighted by atomic mass is 16.7. The first-order valence-electron chi connectivity index (χ1n) is 14.0. The Morgan fingerprint density at radius 3 is 1.87 bits per heavy atom. The lowest BCUT2D eigenvalue weighted by Gasteiger charge is -2.33. The van der Waals surface area contributed by atoms with Gasteiger partial charge in [-0.2, -0.15) is 19.2 Å². The van der Waals surface area contributed by atoms with Gasteiger partial charge >= 0.3 is 12.3 Å². The number of carbonyl (C=O) groups excluding carboxylic acids is 4. The number of aliphatic hydroxyl groups is 2. The molecule has 1 unspecified atom stereocenters. The van der Waals surface area contributed by atoms with Crippen LogP contribution in [0.4, 0.5) is 0 Å². The maximum absolute atomic E-state index is 9.42. The van der Waals surface area contributed by atoms with E-state index in [0.29, 0.717) is 23.4 Å². The van der Waals surface area contributed by atoms with E-state index in [1.165, 1.54) is 32.1 Å². The van der Waals surface area contributed by atoms with E-state index in [-0.39, 0.29) is 31.3 Å². The van der Waals surface area contributed by atoms with Crippen LogP contribution in [-0.2, 0) is 28.7 Å². The van der Waals surface area contributed by atoms with Crippen LogP contribution in [0.5, 0.6) is 0 Å². The standard InChI is InChI=1S/C18H28O2.C11H24O2.2CO2/c1-4-12-18(2,3)13-10-16-11-14-19-17(20-16)15-8-6-5-7-9-15;1-4-7-11(2,3)8-5-10(13)6-9-12;2*2-1-3/h5-9,16-17H,4,10-14H2,1-3H3;10,12-13H,4-9H2,1-3H3;;/t16-,17?;10-;;/m00../s1. The van der Waals surface area contributed by atoms with Crippen molar-refractivity contribution in [1.29, 1.82) is 0 Å². The third-order valence-corrected chi connectivity index (χ3v) is 6.71. The number of hydrogen-bond acceptors (Lipinski definition) is 8. The van der Waals surface area contributed by atoms with Crippen molar-refractivity contribution in [2.45, 2.75) is 124 Å². The predicted molar refractivity (Wildman–Crippen MR) is 148 cm³/mol. The van der Waals surface area contributed by atoms with Crippen LogP contribution >= 0.6 is 0 Å². The Bertz CT molecular complexity index is 754. The largest absolute Gasteiger partial charge is 0.396 e. The Kier molecular flexibility index (Phi) is 23.7. The van der Waals surface area contributed by atoms with Gasteiger partial charge in [-0.1, -0.05) is 84.7 Å². The highest BCUT2D eigenvalue weighted by Crippen LogP contribution is 2.33. The van der Waals surface area contributed by atoms with Gasteiger partial charge < -0.3 is 19.7 Å². The van der Waals surface area contributed by atoms with Gasteiger partial charge in [-0.3, -0.25) is 0 Å². The van der Waals surface area contributed by atoms with E-state index >= 15 is 0 Å². The molecular weight excluding hydrogens is 500 g/mol. The average molecular weight is 553 g/mol. The fraction of sp³-hybridized carbons (Fsp3) is 0.742. The molecule has 0 bridgehead atoms. The molecule has 1 aromatic carbocycles. The van der Waals surface area contributed by atoms with Crippen LogP contribution in [0.2, 0.25) is 0 Å². The van der Waals surface area contributed by atoms with Gasteiger partial charge in [0.1, 0.15) is 0 Å². The van der Waals surface area contributed by atoms with E-state index in [1.54, 1.807) is 0 Å². The number of rotatable bonds is 13. The molecule has 0 aliphatic carbocycles. The Balaban J connectivity index is 0. The summed E-state index contributed by atoms with van der Waals surface area (Å²) in [4.78, 5) is 32.5. The zero-order valence-electron chi connectivity index (χ0n) is 24.9. The monoisotopic (exact) mass is 552 g/mol. The molecular formula is C31H52O8. The maximum Gasteiger partial charge on any atom is 0.373 e. The first-order valence-corrected chi connectivity index (χ1v) is 14.0. The van der Waals surface area contributed by atoms with Crippen molar-refractivity contribution >= 4 is 12.3 Å². The summed E-state index contributed by atoms with van der Waals surface area (Å²) in [6.07, 6.45) is 11.1. The molecule has 2 N–H and O–H groups in total.